The maximum Gasteiger partial charge on any atom is 0.268 e. The van der Waals surface area contributed by atoms with Crippen LogP contribution >= 0.6 is 0 Å². The van der Waals surface area contributed by atoms with Gasteiger partial charge in [0.1, 0.15) is 12.3 Å². The van der Waals surface area contributed by atoms with Gasteiger partial charge in [-0.05, 0) is 44.6 Å². The van der Waals surface area contributed by atoms with Crippen LogP contribution in [0.15, 0.2) is 18.2 Å². The molecule has 2 amide bonds. The van der Waals surface area contributed by atoms with Gasteiger partial charge in [0.05, 0.1) is 5.69 Å². The van der Waals surface area contributed by atoms with E-state index in [2.05, 4.69) is 24.1 Å². The summed E-state index contributed by atoms with van der Waals surface area (Å²) < 4.78 is 5.65. The van der Waals surface area contributed by atoms with Crippen molar-refractivity contribution in [3.05, 3.63) is 23.8 Å². The Labute approximate surface area is 167 Å². The molecule has 0 saturated heterocycles. The lowest BCUT2D eigenvalue weighted by Gasteiger charge is -2.33. The van der Waals surface area contributed by atoms with Crippen LogP contribution in [0.2, 0.25) is 0 Å². The Morgan fingerprint density at radius 3 is 2.57 bits per heavy atom. The van der Waals surface area contributed by atoms with E-state index in [1.165, 1.54) is 4.90 Å². The highest BCUT2D eigenvalue weighted by Crippen LogP contribution is 2.35. The minimum absolute atomic E-state index is 0.0139. The number of ether oxygens (including phenoxy) is 1. The standard InChI is InChI=1S/C21H31N3O4/c1-5-8-18(25)16-9-10-19-17(13-16)24(21(27)15(4)28-19)14-20(26)22-11-12-23(6-2)7-3/h9-10,13,15H,5-8,11-12,14H2,1-4H3,(H,22,26). The van der Waals surface area contributed by atoms with E-state index in [1.54, 1.807) is 25.1 Å². The molecule has 7 nitrogen and oxygen atoms in total. The lowest BCUT2D eigenvalue weighted by atomic mass is 10.0. The number of anilines is 1. The molecule has 0 aliphatic carbocycles. The van der Waals surface area contributed by atoms with Crippen molar-refractivity contribution in [2.24, 2.45) is 0 Å². The number of fused-ring (bicyclic) bond motifs is 1. The zero-order chi connectivity index (χ0) is 20.7. The first-order valence-corrected chi connectivity index (χ1v) is 10.1. The Bertz CT molecular complexity index is 716. The number of hydrogen-bond donors (Lipinski definition) is 1. The van der Waals surface area contributed by atoms with E-state index < -0.39 is 6.10 Å². The number of carbonyl (C=O) groups excluding carboxylic acids is 3. The predicted molar refractivity (Wildman–Crippen MR) is 109 cm³/mol. The molecule has 154 valence electrons. The molecule has 28 heavy (non-hydrogen) atoms. The number of amides is 2. The second-order valence-corrected chi connectivity index (χ2v) is 6.92. The molecule has 0 bridgehead atoms. The summed E-state index contributed by atoms with van der Waals surface area (Å²) in [7, 11) is 0. The smallest absolute Gasteiger partial charge is 0.268 e. The highest BCUT2D eigenvalue weighted by Gasteiger charge is 2.33. The molecule has 0 spiro atoms. The molecule has 1 heterocycles. The Morgan fingerprint density at radius 2 is 1.93 bits per heavy atom. The van der Waals surface area contributed by atoms with Crippen molar-refractivity contribution in [1.82, 2.24) is 10.2 Å². The van der Waals surface area contributed by atoms with Gasteiger partial charge in [0.2, 0.25) is 5.91 Å². The summed E-state index contributed by atoms with van der Waals surface area (Å²) in [6, 6.07) is 5.06. The lowest BCUT2D eigenvalue weighted by Crippen LogP contribution is -2.49. The summed E-state index contributed by atoms with van der Waals surface area (Å²) in [5, 5.41) is 2.87. The van der Waals surface area contributed by atoms with Crippen LogP contribution in [-0.2, 0) is 9.59 Å². The van der Waals surface area contributed by atoms with E-state index in [4.69, 9.17) is 4.74 Å². The van der Waals surface area contributed by atoms with Crippen LogP contribution in [0.5, 0.6) is 5.75 Å². The molecule has 0 saturated carbocycles. The molecular weight excluding hydrogens is 358 g/mol. The van der Waals surface area contributed by atoms with E-state index in [0.29, 0.717) is 30.0 Å². The van der Waals surface area contributed by atoms with Gasteiger partial charge in [0.15, 0.2) is 11.9 Å². The highest BCUT2D eigenvalue weighted by molar-refractivity contribution is 6.05. The summed E-state index contributed by atoms with van der Waals surface area (Å²) in [6.45, 7) is 10.8. The van der Waals surface area contributed by atoms with Gasteiger partial charge < -0.3 is 15.0 Å². The summed E-state index contributed by atoms with van der Waals surface area (Å²) in [5.74, 6) is 0.00779. The molecule has 1 N–H and O–H groups in total. The number of hydrogen-bond acceptors (Lipinski definition) is 5. The number of Topliss-reactive ketones (excluding diaryl/α,β-unsaturated/α-hetero) is 1. The molecule has 7 heteroatoms. The van der Waals surface area contributed by atoms with Crippen molar-refractivity contribution in [2.75, 3.05) is 37.6 Å². The number of nitrogens with one attached hydrogen (secondary N) is 1. The Balaban J connectivity index is 2.13. The van der Waals surface area contributed by atoms with Crippen molar-refractivity contribution in [3.63, 3.8) is 0 Å². The van der Waals surface area contributed by atoms with Gasteiger partial charge in [-0.1, -0.05) is 20.8 Å². The summed E-state index contributed by atoms with van der Waals surface area (Å²) in [4.78, 5) is 40.9. The van der Waals surface area contributed by atoms with E-state index in [-0.39, 0.29) is 24.1 Å². The van der Waals surface area contributed by atoms with Crippen molar-refractivity contribution < 1.29 is 19.1 Å². The minimum atomic E-state index is -0.673. The quantitative estimate of drug-likeness (QED) is 0.621. The van der Waals surface area contributed by atoms with Gasteiger partial charge in [-0.15, -0.1) is 0 Å². The first-order chi connectivity index (χ1) is 13.4. The van der Waals surface area contributed by atoms with Crippen LogP contribution in [0.25, 0.3) is 0 Å². The van der Waals surface area contributed by atoms with Gasteiger partial charge in [-0.25, -0.2) is 0 Å². The van der Waals surface area contributed by atoms with Crippen molar-refractivity contribution >= 4 is 23.3 Å². The first-order valence-electron chi connectivity index (χ1n) is 10.1. The molecule has 2 rings (SSSR count). The fraction of sp³-hybridized carbons (Fsp3) is 0.571. The number of likely N-dealkylation sites (N-methyl/N-ethyl adjacent to an activating group) is 1. The minimum Gasteiger partial charge on any atom is -0.479 e. The van der Waals surface area contributed by atoms with Gasteiger partial charge in [-0.2, -0.15) is 0 Å². The molecule has 0 aromatic heterocycles. The monoisotopic (exact) mass is 389 g/mol. The van der Waals surface area contributed by atoms with Crippen molar-refractivity contribution in [2.45, 2.75) is 46.6 Å². The first kappa shape index (κ1) is 21.9. The fourth-order valence-corrected chi connectivity index (χ4v) is 3.21. The van der Waals surface area contributed by atoms with Crippen molar-refractivity contribution in [1.29, 1.82) is 0 Å². The molecule has 1 aliphatic heterocycles. The lowest BCUT2D eigenvalue weighted by molar-refractivity contribution is -0.128. The zero-order valence-corrected chi connectivity index (χ0v) is 17.3. The molecule has 0 fully saturated rings. The number of nitrogens with zero attached hydrogens (tertiary/aromatic N) is 2. The topological polar surface area (TPSA) is 79.0 Å². The van der Waals surface area contributed by atoms with Crippen LogP contribution in [0.3, 0.4) is 0 Å². The summed E-state index contributed by atoms with van der Waals surface area (Å²) in [5.41, 5.74) is 1.00. The van der Waals surface area contributed by atoms with E-state index >= 15 is 0 Å². The largest absolute Gasteiger partial charge is 0.479 e. The van der Waals surface area contributed by atoms with E-state index in [1.807, 2.05) is 6.92 Å². The Morgan fingerprint density at radius 1 is 1.21 bits per heavy atom. The third-order valence-corrected chi connectivity index (χ3v) is 4.91. The second-order valence-electron chi connectivity index (χ2n) is 6.92. The predicted octanol–water partition coefficient (Wildman–Crippen LogP) is 2.24. The maximum atomic E-state index is 12.6. The molecule has 0 radical (unpaired) electrons. The van der Waals surface area contributed by atoms with Crippen LogP contribution in [0.1, 0.15) is 50.9 Å². The maximum absolute atomic E-state index is 12.6. The summed E-state index contributed by atoms with van der Waals surface area (Å²) in [6.07, 6.45) is 0.518. The van der Waals surface area contributed by atoms with Gasteiger partial charge in [0, 0.05) is 25.1 Å². The highest BCUT2D eigenvalue weighted by atomic mass is 16.5. The molecule has 1 aromatic rings. The zero-order valence-electron chi connectivity index (χ0n) is 17.3. The van der Waals surface area contributed by atoms with Crippen LogP contribution in [0.4, 0.5) is 5.69 Å². The third-order valence-electron chi connectivity index (χ3n) is 4.91. The second kappa shape index (κ2) is 10.2. The molecule has 1 atom stereocenters. The van der Waals surface area contributed by atoms with Gasteiger partial charge in [0.25, 0.3) is 5.91 Å². The van der Waals surface area contributed by atoms with Crippen molar-refractivity contribution in [3.8, 4) is 5.75 Å². The van der Waals surface area contributed by atoms with Crippen LogP contribution in [0, 0.1) is 0 Å². The average Bonchev–Trinajstić information content (AvgIpc) is 2.68. The molecule has 1 aliphatic rings. The Kier molecular flexibility index (Phi) is 7.99. The number of rotatable bonds is 10. The molecule has 1 unspecified atom stereocenters. The number of ketones is 1. The van der Waals surface area contributed by atoms with E-state index in [9.17, 15) is 14.4 Å². The number of benzene rings is 1. The SMILES string of the molecule is CCCC(=O)c1ccc2c(c1)N(CC(=O)NCCN(CC)CC)C(=O)C(C)O2. The fourth-order valence-electron chi connectivity index (χ4n) is 3.21. The third kappa shape index (κ3) is 5.32. The van der Waals surface area contributed by atoms with E-state index in [0.717, 1.165) is 26.1 Å². The van der Waals surface area contributed by atoms with Gasteiger partial charge in [-0.3, -0.25) is 19.3 Å². The van der Waals surface area contributed by atoms with Gasteiger partial charge >= 0.3 is 0 Å². The molecular formula is C21H31N3O4. The number of carbonyl (C=O) groups is 3. The summed E-state index contributed by atoms with van der Waals surface area (Å²) >= 11 is 0. The Hall–Kier alpha value is -2.41. The van der Waals surface area contributed by atoms with Crippen LogP contribution < -0.4 is 15.0 Å². The van der Waals surface area contributed by atoms with Crippen LogP contribution in [-0.4, -0.2) is 61.3 Å². The normalized spacial score (nSPS) is 16.0. The molecule has 1 aromatic carbocycles. The average molecular weight is 389 g/mol.